The van der Waals surface area contributed by atoms with Gasteiger partial charge in [-0.25, -0.2) is 15.0 Å². The van der Waals surface area contributed by atoms with E-state index in [-0.39, 0.29) is 0 Å². The fourth-order valence-corrected chi connectivity index (χ4v) is 3.72. The monoisotopic (exact) mass is 357 g/mol. The van der Waals surface area contributed by atoms with Gasteiger partial charge in [0.2, 0.25) is 0 Å². The third-order valence-electron chi connectivity index (χ3n) is 4.07. The third kappa shape index (κ3) is 3.26. The Morgan fingerprint density at radius 3 is 2.75 bits per heavy atom. The smallest absolute Gasteiger partial charge is 0.180 e. The summed E-state index contributed by atoms with van der Waals surface area (Å²) in [6.45, 7) is 2.70. The molecule has 122 valence electrons. The molecular weight excluding hydrogens is 342 g/mol. The minimum Gasteiger partial charge on any atom is -0.375 e. The Morgan fingerprint density at radius 1 is 1.17 bits per heavy atom. The number of benzene rings is 1. The molecule has 24 heavy (non-hydrogen) atoms. The van der Waals surface area contributed by atoms with Crippen LogP contribution < -0.4 is 5.73 Å². The molecule has 1 aliphatic rings. The first-order chi connectivity index (χ1) is 11.7. The maximum atomic E-state index is 5.94. The highest BCUT2D eigenvalue weighted by molar-refractivity contribution is 7.15. The molecule has 1 aliphatic heterocycles. The van der Waals surface area contributed by atoms with Crippen LogP contribution in [0.2, 0.25) is 5.02 Å². The van der Waals surface area contributed by atoms with E-state index in [2.05, 4.69) is 14.9 Å². The number of rotatable bonds is 3. The number of fused-ring (bicyclic) bond motifs is 1. The van der Waals surface area contributed by atoms with E-state index < -0.39 is 0 Å². The number of aromatic nitrogens is 3. The van der Waals surface area contributed by atoms with Gasteiger partial charge in [0.15, 0.2) is 11.0 Å². The molecule has 3 heterocycles. The van der Waals surface area contributed by atoms with Gasteiger partial charge in [0.25, 0.3) is 0 Å². The van der Waals surface area contributed by atoms with Crippen molar-refractivity contribution in [3.05, 3.63) is 57.8 Å². The van der Waals surface area contributed by atoms with Gasteiger partial charge in [-0.15, -0.1) is 11.3 Å². The van der Waals surface area contributed by atoms with Crippen molar-refractivity contribution in [3.63, 3.8) is 0 Å². The molecule has 0 unspecified atom stereocenters. The lowest BCUT2D eigenvalue weighted by molar-refractivity contribution is 0.245. The molecule has 0 spiro atoms. The van der Waals surface area contributed by atoms with E-state index in [1.54, 1.807) is 11.3 Å². The van der Waals surface area contributed by atoms with Crippen molar-refractivity contribution < 1.29 is 0 Å². The summed E-state index contributed by atoms with van der Waals surface area (Å²) in [5.41, 5.74) is 9.02. The molecule has 0 amide bonds. The Morgan fingerprint density at radius 2 is 2.00 bits per heavy atom. The zero-order valence-electron chi connectivity index (χ0n) is 12.9. The molecule has 3 aromatic rings. The number of nitrogen functional groups attached to an aromatic ring is 1. The first-order valence-electron chi connectivity index (χ1n) is 7.70. The number of nitrogens with two attached hydrogens (primary N) is 1. The predicted octanol–water partition coefficient (Wildman–Crippen LogP) is 3.39. The van der Waals surface area contributed by atoms with Gasteiger partial charge in [0, 0.05) is 59.5 Å². The second-order valence-corrected chi connectivity index (χ2v) is 7.38. The zero-order chi connectivity index (χ0) is 16.5. The molecule has 5 nitrogen and oxygen atoms in total. The van der Waals surface area contributed by atoms with E-state index in [0.29, 0.717) is 5.13 Å². The highest BCUT2D eigenvalue weighted by Crippen LogP contribution is 2.24. The van der Waals surface area contributed by atoms with Crippen LogP contribution in [-0.2, 0) is 19.5 Å². The van der Waals surface area contributed by atoms with Crippen LogP contribution in [0.5, 0.6) is 0 Å². The van der Waals surface area contributed by atoms with E-state index in [0.717, 1.165) is 48.2 Å². The van der Waals surface area contributed by atoms with Crippen molar-refractivity contribution in [2.45, 2.75) is 19.5 Å². The first kappa shape index (κ1) is 15.5. The van der Waals surface area contributed by atoms with Crippen molar-refractivity contribution in [2.75, 3.05) is 12.3 Å². The molecule has 0 saturated carbocycles. The zero-order valence-corrected chi connectivity index (χ0v) is 14.5. The molecule has 0 radical (unpaired) electrons. The lowest BCUT2D eigenvalue weighted by Gasteiger charge is -2.27. The Labute approximate surface area is 149 Å². The number of hydrogen-bond acceptors (Lipinski definition) is 6. The molecule has 0 saturated heterocycles. The van der Waals surface area contributed by atoms with Crippen LogP contribution in [0, 0.1) is 0 Å². The van der Waals surface area contributed by atoms with Gasteiger partial charge in [-0.05, 0) is 24.3 Å². The van der Waals surface area contributed by atoms with E-state index >= 15 is 0 Å². The van der Waals surface area contributed by atoms with Crippen molar-refractivity contribution in [3.8, 4) is 11.4 Å². The Hall–Kier alpha value is -2.02. The quantitative estimate of drug-likeness (QED) is 0.778. The number of nitrogens with zero attached hydrogens (tertiary/aromatic N) is 4. The highest BCUT2D eigenvalue weighted by Gasteiger charge is 2.19. The fourth-order valence-electron chi connectivity index (χ4n) is 2.86. The minimum atomic E-state index is 0.623. The van der Waals surface area contributed by atoms with Crippen molar-refractivity contribution in [1.82, 2.24) is 19.9 Å². The van der Waals surface area contributed by atoms with Crippen molar-refractivity contribution >= 4 is 28.1 Å². The second-order valence-electron chi connectivity index (χ2n) is 5.80. The Balaban J connectivity index is 1.52. The summed E-state index contributed by atoms with van der Waals surface area (Å²) in [7, 11) is 0. The van der Waals surface area contributed by atoms with Crippen LogP contribution in [0.15, 0.2) is 36.7 Å². The maximum absolute atomic E-state index is 5.94. The minimum absolute atomic E-state index is 0.623. The van der Waals surface area contributed by atoms with Crippen LogP contribution in [0.3, 0.4) is 0 Å². The van der Waals surface area contributed by atoms with E-state index in [9.17, 15) is 0 Å². The van der Waals surface area contributed by atoms with Crippen molar-refractivity contribution in [2.24, 2.45) is 0 Å². The average Bonchev–Trinajstić information content (AvgIpc) is 3.00. The van der Waals surface area contributed by atoms with Crippen LogP contribution in [0.1, 0.15) is 16.1 Å². The number of halogens is 1. The Kier molecular flexibility index (Phi) is 4.18. The Bertz CT molecular complexity index is 862. The second kappa shape index (κ2) is 6.47. The lowest BCUT2D eigenvalue weighted by Crippen LogP contribution is -2.30. The average molecular weight is 358 g/mol. The molecule has 1 aromatic carbocycles. The molecule has 0 bridgehead atoms. The van der Waals surface area contributed by atoms with E-state index in [1.807, 2.05) is 36.7 Å². The summed E-state index contributed by atoms with van der Waals surface area (Å²) in [6.07, 6.45) is 4.72. The van der Waals surface area contributed by atoms with E-state index in [4.69, 9.17) is 22.3 Å². The van der Waals surface area contributed by atoms with Crippen LogP contribution >= 0.6 is 22.9 Å². The van der Waals surface area contributed by atoms with E-state index in [1.165, 1.54) is 10.4 Å². The summed E-state index contributed by atoms with van der Waals surface area (Å²) < 4.78 is 0. The summed E-state index contributed by atoms with van der Waals surface area (Å²) >= 11 is 7.49. The summed E-state index contributed by atoms with van der Waals surface area (Å²) in [6, 6.07) is 7.63. The van der Waals surface area contributed by atoms with Gasteiger partial charge in [-0.1, -0.05) is 11.6 Å². The number of thiazole rings is 1. The SMILES string of the molecule is Nc1ncc(CN2CCc3nc(-c4ccc(Cl)cc4)ncc3C2)s1. The predicted molar refractivity (Wildman–Crippen MR) is 96.8 cm³/mol. The highest BCUT2D eigenvalue weighted by atomic mass is 35.5. The molecule has 7 heteroatoms. The summed E-state index contributed by atoms with van der Waals surface area (Å²) in [4.78, 5) is 17.0. The molecule has 0 fully saturated rings. The molecule has 0 aliphatic carbocycles. The normalized spacial score (nSPS) is 14.5. The van der Waals surface area contributed by atoms with Crippen LogP contribution in [0.4, 0.5) is 5.13 Å². The standard InChI is InChI=1S/C17H16ClN5S/c18-13-3-1-11(2-4-13)16-20-7-12-9-23(6-5-15(12)22-16)10-14-8-21-17(19)24-14/h1-4,7-8H,5-6,9-10H2,(H2,19,21). The van der Waals surface area contributed by atoms with Gasteiger partial charge in [0.1, 0.15) is 0 Å². The van der Waals surface area contributed by atoms with Gasteiger partial charge < -0.3 is 5.73 Å². The largest absolute Gasteiger partial charge is 0.375 e. The maximum Gasteiger partial charge on any atom is 0.180 e. The van der Waals surface area contributed by atoms with Crippen molar-refractivity contribution in [1.29, 1.82) is 0 Å². The molecular formula is C17H16ClN5S. The first-order valence-corrected chi connectivity index (χ1v) is 8.90. The van der Waals surface area contributed by atoms with Gasteiger partial charge in [-0.2, -0.15) is 0 Å². The van der Waals surface area contributed by atoms with Gasteiger partial charge in [-0.3, -0.25) is 4.90 Å². The number of hydrogen-bond donors (Lipinski definition) is 1. The number of anilines is 1. The molecule has 4 rings (SSSR count). The van der Waals surface area contributed by atoms with Gasteiger partial charge >= 0.3 is 0 Å². The topological polar surface area (TPSA) is 67.9 Å². The third-order valence-corrected chi connectivity index (χ3v) is 5.13. The fraction of sp³-hybridized carbons (Fsp3) is 0.235. The van der Waals surface area contributed by atoms with Crippen LogP contribution in [0.25, 0.3) is 11.4 Å². The molecule has 2 aromatic heterocycles. The lowest BCUT2D eigenvalue weighted by atomic mass is 10.1. The summed E-state index contributed by atoms with van der Waals surface area (Å²) in [5, 5.41) is 1.34. The summed E-state index contributed by atoms with van der Waals surface area (Å²) in [5.74, 6) is 0.758. The van der Waals surface area contributed by atoms with Crippen LogP contribution in [-0.4, -0.2) is 26.4 Å². The molecule has 0 atom stereocenters. The van der Waals surface area contributed by atoms with Gasteiger partial charge in [0.05, 0.1) is 5.69 Å². The molecule has 2 N–H and O–H groups in total.